The standard InChI is InChI=1S/C14H25NO2/c1-14(2,3)17-9-13(16)15-8-12-7-10-4-5-11(12)6-10/h10-12H,4-9H2,1-3H3,(H,15,16). The lowest BCUT2D eigenvalue weighted by Gasteiger charge is -2.23. The van der Waals surface area contributed by atoms with E-state index in [9.17, 15) is 4.79 Å². The maximum Gasteiger partial charge on any atom is 0.246 e. The SMILES string of the molecule is CC(C)(C)OCC(=O)NCC1CC2CCC1C2. The van der Waals surface area contributed by atoms with Crippen LogP contribution in [0.5, 0.6) is 0 Å². The molecule has 1 amide bonds. The molecule has 2 aliphatic rings. The van der Waals surface area contributed by atoms with Gasteiger partial charge in [0.25, 0.3) is 0 Å². The normalized spacial score (nSPS) is 31.8. The second-order valence-corrected chi connectivity index (χ2v) is 6.64. The van der Waals surface area contributed by atoms with Crippen molar-refractivity contribution in [2.75, 3.05) is 13.2 Å². The number of carbonyl (C=O) groups is 1. The van der Waals surface area contributed by atoms with Gasteiger partial charge in [0.15, 0.2) is 0 Å². The fourth-order valence-corrected chi connectivity index (χ4v) is 3.20. The molecule has 2 rings (SSSR count). The molecule has 0 aromatic heterocycles. The molecule has 0 aromatic carbocycles. The second-order valence-electron chi connectivity index (χ2n) is 6.64. The Morgan fingerprint density at radius 3 is 2.59 bits per heavy atom. The van der Waals surface area contributed by atoms with E-state index in [2.05, 4.69) is 5.32 Å². The van der Waals surface area contributed by atoms with Crippen LogP contribution in [-0.2, 0) is 9.53 Å². The van der Waals surface area contributed by atoms with Gasteiger partial charge in [-0.1, -0.05) is 6.42 Å². The molecule has 2 aliphatic carbocycles. The first-order chi connectivity index (χ1) is 7.94. The number of nitrogens with one attached hydrogen (secondary N) is 1. The summed E-state index contributed by atoms with van der Waals surface area (Å²) in [5.41, 5.74) is -0.232. The number of rotatable bonds is 4. The number of carbonyl (C=O) groups excluding carboxylic acids is 1. The summed E-state index contributed by atoms with van der Waals surface area (Å²) < 4.78 is 5.46. The largest absolute Gasteiger partial charge is 0.366 e. The Labute approximate surface area is 104 Å². The van der Waals surface area contributed by atoms with E-state index in [1.165, 1.54) is 25.7 Å². The summed E-state index contributed by atoms with van der Waals surface area (Å²) in [5, 5.41) is 3.02. The predicted molar refractivity (Wildman–Crippen MR) is 67.7 cm³/mol. The summed E-state index contributed by atoms with van der Waals surface area (Å²) >= 11 is 0. The van der Waals surface area contributed by atoms with Gasteiger partial charge in [0.05, 0.1) is 5.60 Å². The molecular formula is C14H25NO2. The zero-order valence-corrected chi connectivity index (χ0v) is 11.3. The molecule has 98 valence electrons. The van der Waals surface area contributed by atoms with E-state index < -0.39 is 0 Å². The molecule has 3 atom stereocenters. The maximum atomic E-state index is 11.6. The number of hydrogen-bond donors (Lipinski definition) is 1. The predicted octanol–water partition coefficient (Wildman–Crippen LogP) is 2.35. The third-order valence-corrected chi connectivity index (χ3v) is 4.08. The molecule has 2 bridgehead atoms. The third-order valence-electron chi connectivity index (χ3n) is 4.08. The van der Waals surface area contributed by atoms with Gasteiger partial charge in [-0.15, -0.1) is 0 Å². The molecule has 0 aliphatic heterocycles. The minimum Gasteiger partial charge on any atom is -0.366 e. The smallest absolute Gasteiger partial charge is 0.246 e. The molecule has 0 radical (unpaired) electrons. The lowest BCUT2D eigenvalue weighted by atomic mass is 9.89. The van der Waals surface area contributed by atoms with Gasteiger partial charge < -0.3 is 10.1 Å². The van der Waals surface area contributed by atoms with Crippen LogP contribution in [0.1, 0.15) is 46.5 Å². The van der Waals surface area contributed by atoms with Crippen LogP contribution in [0.15, 0.2) is 0 Å². The van der Waals surface area contributed by atoms with Crippen LogP contribution in [0, 0.1) is 17.8 Å². The molecule has 2 saturated carbocycles. The van der Waals surface area contributed by atoms with Gasteiger partial charge in [0.1, 0.15) is 6.61 Å². The van der Waals surface area contributed by atoms with E-state index in [0.717, 1.165) is 24.3 Å². The first-order valence-electron chi connectivity index (χ1n) is 6.85. The molecule has 0 heterocycles. The highest BCUT2D eigenvalue weighted by molar-refractivity contribution is 5.77. The van der Waals surface area contributed by atoms with Crippen molar-refractivity contribution in [1.82, 2.24) is 5.32 Å². The molecule has 17 heavy (non-hydrogen) atoms. The Bertz CT molecular complexity index is 282. The minimum absolute atomic E-state index is 0.0303. The lowest BCUT2D eigenvalue weighted by molar-refractivity contribution is -0.130. The molecule has 2 fully saturated rings. The number of ether oxygens (including phenoxy) is 1. The van der Waals surface area contributed by atoms with Crippen LogP contribution in [0.3, 0.4) is 0 Å². The van der Waals surface area contributed by atoms with Crippen molar-refractivity contribution in [1.29, 1.82) is 0 Å². The van der Waals surface area contributed by atoms with Gasteiger partial charge in [-0.05, 0) is 57.8 Å². The number of fused-ring (bicyclic) bond motifs is 2. The van der Waals surface area contributed by atoms with Crippen molar-refractivity contribution in [2.45, 2.75) is 52.1 Å². The van der Waals surface area contributed by atoms with Gasteiger partial charge >= 0.3 is 0 Å². The molecule has 0 aromatic rings. The summed E-state index contributed by atoms with van der Waals surface area (Å²) in [4.78, 5) is 11.6. The average Bonchev–Trinajstić information content (AvgIpc) is 2.84. The fourth-order valence-electron chi connectivity index (χ4n) is 3.20. The highest BCUT2D eigenvalue weighted by Gasteiger charge is 2.39. The Morgan fingerprint density at radius 2 is 2.06 bits per heavy atom. The van der Waals surface area contributed by atoms with Crippen LogP contribution in [0.4, 0.5) is 0 Å². The minimum atomic E-state index is -0.232. The number of hydrogen-bond acceptors (Lipinski definition) is 2. The first-order valence-corrected chi connectivity index (χ1v) is 6.85. The van der Waals surface area contributed by atoms with Crippen molar-refractivity contribution < 1.29 is 9.53 Å². The van der Waals surface area contributed by atoms with Crippen LogP contribution >= 0.6 is 0 Å². The highest BCUT2D eigenvalue weighted by atomic mass is 16.5. The van der Waals surface area contributed by atoms with E-state index in [-0.39, 0.29) is 18.1 Å². The fraction of sp³-hybridized carbons (Fsp3) is 0.929. The zero-order chi connectivity index (χ0) is 12.5. The van der Waals surface area contributed by atoms with Crippen molar-refractivity contribution in [3.05, 3.63) is 0 Å². The van der Waals surface area contributed by atoms with Crippen LogP contribution in [0.25, 0.3) is 0 Å². The van der Waals surface area contributed by atoms with Crippen molar-refractivity contribution in [3.8, 4) is 0 Å². The number of amides is 1. The summed E-state index contributed by atoms with van der Waals surface area (Å²) in [7, 11) is 0. The monoisotopic (exact) mass is 239 g/mol. The second kappa shape index (κ2) is 4.97. The van der Waals surface area contributed by atoms with Crippen molar-refractivity contribution in [3.63, 3.8) is 0 Å². The van der Waals surface area contributed by atoms with Crippen LogP contribution in [0.2, 0.25) is 0 Å². The van der Waals surface area contributed by atoms with Gasteiger partial charge in [-0.25, -0.2) is 0 Å². The van der Waals surface area contributed by atoms with Crippen LogP contribution in [-0.4, -0.2) is 24.7 Å². The van der Waals surface area contributed by atoms with E-state index >= 15 is 0 Å². The van der Waals surface area contributed by atoms with E-state index in [4.69, 9.17) is 4.74 Å². The van der Waals surface area contributed by atoms with E-state index in [1.54, 1.807) is 0 Å². The Kier molecular flexibility index (Phi) is 3.76. The Morgan fingerprint density at radius 1 is 1.29 bits per heavy atom. The van der Waals surface area contributed by atoms with Crippen LogP contribution < -0.4 is 5.32 Å². The summed E-state index contributed by atoms with van der Waals surface area (Å²) in [6.45, 7) is 6.94. The molecule has 0 saturated heterocycles. The Balaban J connectivity index is 1.63. The molecule has 1 N–H and O–H groups in total. The first kappa shape index (κ1) is 12.9. The molecule has 3 nitrogen and oxygen atoms in total. The van der Waals surface area contributed by atoms with Crippen molar-refractivity contribution >= 4 is 5.91 Å². The summed E-state index contributed by atoms with van der Waals surface area (Å²) in [5.74, 6) is 2.59. The summed E-state index contributed by atoms with van der Waals surface area (Å²) in [6.07, 6.45) is 5.52. The van der Waals surface area contributed by atoms with Gasteiger partial charge in [0, 0.05) is 6.54 Å². The zero-order valence-electron chi connectivity index (χ0n) is 11.3. The quantitative estimate of drug-likeness (QED) is 0.818. The van der Waals surface area contributed by atoms with Gasteiger partial charge in [0.2, 0.25) is 5.91 Å². The molecule has 3 heteroatoms. The highest BCUT2D eigenvalue weighted by Crippen LogP contribution is 2.47. The lowest BCUT2D eigenvalue weighted by Crippen LogP contribution is -2.36. The van der Waals surface area contributed by atoms with E-state index in [1.807, 2.05) is 20.8 Å². The van der Waals surface area contributed by atoms with Crippen molar-refractivity contribution in [2.24, 2.45) is 17.8 Å². The maximum absolute atomic E-state index is 11.6. The summed E-state index contributed by atoms with van der Waals surface area (Å²) in [6, 6.07) is 0. The van der Waals surface area contributed by atoms with Gasteiger partial charge in [-0.3, -0.25) is 4.79 Å². The topological polar surface area (TPSA) is 38.3 Å². The molecular weight excluding hydrogens is 214 g/mol. The average molecular weight is 239 g/mol. The molecule has 3 unspecified atom stereocenters. The van der Waals surface area contributed by atoms with Gasteiger partial charge in [-0.2, -0.15) is 0 Å². The third kappa shape index (κ3) is 3.70. The molecule has 0 spiro atoms. The Hall–Kier alpha value is -0.570. The van der Waals surface area contributed by atoms with E-state index in [0.29, 0.717) is 0 Å².